The summed E-state index contributed by atoms with van der Waals surface area (Å²) in [7, 11) is 0. The Labute approximate surface area is 202 Å². The highest BCUT2D eigenvalue weighted by Gasteiger charge is 2.48. The summed E-state index contributed by atoms with van der Waals surface area (Å²) < 4.78 is 5.14. The second kappa shape index (κ2) is 11.0. The Balaban J connectivity index is 0.00000141. The number of fused-ring (bicyclic) bond motifs is 3. The first kappa shape index (κ1) is 25.7. The molecule has 0 heterocycles. The molecule has 180 valence electrons. The average Bonchev–Trinajstić information content (AvgIpc) is 2.77. The fourth-order valence-corrected chi connectivity index (χ4v) is 7.76. The third-order valence-electron chi connectivity index (χ3n) is 8.51. The molecule has 0 saturated heterocycles. The molecule has 0 radical (unpaired) electrons. The molecule has 2 nitrogen and oxygen atoms in total. The van der Waals surface area contributed by atoms with Crippen molar-refractivity contribution >= 4 is 17.7 Å². The predicted molar refractivity (Wildman–Crippen MR) is 142 cm³/mol. The van der Waals surface area contributed by atoms with Gasteiger partial charge in [-0.3, -0.25) is 0 Å². The van der Waals surface area contributed by atoms with Crippen molar-refractivity contribution < 1.29 is 5.11 Å². The van der Waals surface area contributed by atoms with Crippen molar-refractivity contribution in [1.82, 2.24) is 0 Å². The van der Waals surface area contributed by atoms with Crippen LogP contribution in [0.5, 0.6) is 5.75 Å². The van der Waals surface area contributed by atoms with E-state index < -0.39 is 0 Å². The molecule has 0 spiro atoms. The number of phenolic OH excluding ortho intramolecular Hbond substituents is 1. The van der Waals surface area contributed by atoms with Crippen LogP contribution in [-0.4, -0.2) is 16.6 Å². The number of hydrogen-bond donors (Lipinski definition) is 1. The van der Waals surface area contributed by atoms with Gasteiger partial charge in [0.2, 0.25) is 0 Å². The van der Waals surface area contributed by atoms with Crippen molar-refractivity contribution in [2.24, 2.45) is 22.2 Å². The van der Waals surface area contributed by atoms with Crippen LogP contribution in [0, 0.1) is 24.7 Å². The third-order valence-corrected chi connectivity index (χ3v) is 9.48. The smallest absolute Gasteiger partial charge is 0.128 e. The van der Waals surface area contributed by atoms with Crippen LogP contribution in [0.1, 0.15) is 128 Å². The maximum Gasteiger partial charge on any atom is 0.128 e. The Morgan fingerprint density at radius 3 is 2.47 bits per heavy atom. The van der Waals surface area contributed by atoms with E-state index in [0.717, 1.165) is 35.1 Å². The van der Waals surface area contributed by atoms with Crippen LogP contribution in [0.3, 0.4) is 0 Å². The summed E-state index contributed by atoms with van der Waals surface area (Å²) in [5.41, 5.74) is 6.16. The fourth-order valence-electron chi connectivity index (χ4n) is 6.82. The second-order valence-electron chi connectivity index (χ2n) is 11.0. The van der Waals surface area contributed by atoms with Gasteiger partial charge in [-0.25, -0.2) is 4.40 Å². The molecule has 2 fully saturated rings. The van der Waals surface area contributed by atoms with Gasteiger partial charge in [-0.05, 0) is 84.8 Å². The van der Waals surface area contributed by atoms with E-state index in [4.69, 9.17) is 4.40 Å². The van der Waals surface area contributed by atoms with Crippen molar-refractivity contribution in [3.05, 3.63) is 28.3 Å². The quantitative estimate of drug-likeness (QED) is 0.457. The Bertz CT molecular complexity index is 808. The minimum absolute atomic E-state index is 0.164. The van der Waals surface area contributed by atoms with E-state index in [1.807, 2.05) is 13.8 Å². The highest BCUT2D eigenvalue weighted by molar-refractivity contribution is 7.98. The lowest BCUT2D eigenvalue weighted by atomic mass is 9.54. The van der Waals surface area contributed by atoms with Crippen LogP contribution in [-0.2, 0) is 5.41 Å². The van der Waals surface area contributed by atoms with Gasteiger partial charge < -0.3 is 5.11 Å². The number of phenols is 1. The summed E-state index contributed by atoms with van der Waals surface area (Å²) in [6, 6.07) is 2.41. The van der Waals surface area contributed by atoms with Gasteiger partial charge in [0, 0.05) is 16.9 Å². The fraction of sp³-hybridized carbons (Fsp3) is 0.759. The summed E-state index contributed by atoms with van der Waals surface area (Å²) in [6.45, 7) is 15.5. The molecule has 0 amide bonds. The Hall–Kier alpha value is -0.960. The predicted octanol–water partition coefficient (Wildman–Crippen LogP) is 8.97. The van der Waals surface area contributed by atoms with Crippen LogP contribution >= 0.6 is 11.9 Å². The number of nitrogens with zero attached hydrogens (tertiary/aromatic N) is 1. The molecule has 0 aromatic heterocycles. The van der Waals surface area contributed by atoms with Gasteiger partial charge in [0.25, 0.3) is 0 Å². The third kappa shape index (κ3) is 4.93. The van der Waals surface area contributed by atoms with E-state index in [0.29, 0.717) is 17.6 Å². The molecular formula is C29H47NOS. The number of hydrogen-bond acceptors (Lipinski definition) is 3. The molecule has 3 atom stereocenters. The molecule has 32 heavy (non-hydrogen) atoms. The summed E-state index contributed by atoms with van der Waals surface area (Å²) in [5.74, 6) is 4.17. The van der Waals surface area contributed by atoms with Crippen molar-refractivity contribution in [3.8, 4) is 5.75 Å². The number of rotatable bonds is 4. The molecule has 3 unspecified atom stereocenters. The first-order chi connectivity index (χ1) is 15.3. The molecule has 1 aromatic rings. The molecule has 0 bridgehead atoms. The normalized spacial score (nSPS) is 29.3. The Morgan fingerprint density at radius 2 is 1.81 bits per heavy atom. The van der Waals surface area contributed by atoms with Gasteiger partial charge in [-0.2, -0.15) is 0 Å². The van der Waals surface area contributed by atoms with Crippen molar-refractivity contribution in [3.63, 3.8) is 0 Å². The van der Waals surface area contributed by atoms with Gasteiger partial charge in [-0.1, -0.05) is 79.7 Å². The minimum atomic E-state index is 0.164. The van der Waals surface area contributed by atoms with Crippen LogP contribution in [0.15, 0.2) is 10.5 Å². The Kier molecular flexibility index (Phi) is 8.80. The molecule has 3 aliphatic carbocycles. The van der Waals surface area contributed by atoms with Gasteiger partial charge >= 0.3 is 0 Å². The molecule has 0 aliphatic heterocycles. The maximum atomic E-state index is 11.5. The summed E-state index contributed by atoms with van der Waals surface area (Å²) in [5, 5.41) is 11.5. The Morgan fingerprint density at radius 1 is 1.12 bits per heavy atom. The zero-order valence-electron chi connectivity index (χ0n) is 21.8. The summed E-state index contributed by atoms with van der Waals surface area (Å²) >= 11 is 1.77. The van der Waals surface area contributed by atoms with Crippen LogP contribution in [0.2, 0.25) is 0 Å². The topological polar surface area (TPSA) is 32.6 Å². The molecule has 1 aromatic carbocycles. The van der Waals surface area contributed by atoms with E-state index in [2.05, 4.69) is 40.7 Å². The van der Waals surface area contributed by atoms with E-state index in [1.165, 1.54) is 68.2 Å². The standard InChI is InChI=1S/C27H41NOS.C2H6/c1-17(2)24-19(4)14-22-25(26(24)29)23(28-30-16-20-11-7-6-8-12-20)15-21-18(3)10-9-13-27(21,22)5;1-2/h14,17-18,20-21,29H,6-13,15-16H2,1-5H3;1-2H3/b28-23+;. The lowest BCUT2D eigenvalue weighted by Crippen LogP contribution is -2.45. The lowest BCUT2D eigenvalue weighted by Gasteiger charge is -2.50. The molecule has 3 heteroatoms. The minimum Gasteiger partial charge on any atom is -0.507 e. The first-order valence-corrected chi connectivity index (χ1v) is 14.3. The van der Waals surface area contributed by atoms with Crippen LogP contribution in [0.4, 0.5) is 0 Å². The monoisotopic (exact) mass is 457 g/mol. The number of benzene rings is 1. The molecular weight excluding hydrogens is 410 g/mol. The van der Waals surface area contributed by atoms with Gasteiger partial charge in [0.15, 0.2) is 0 Å². The number of aromatic hydroxyl groups is 1. The average molecular weight is 458 g/mol. The molecule has 1 N–H and O–H groups in total. The number of aryl methyl sites for hydroxylation is 1. The zero-order chi connectivity index (χ0) is 23.5. The van der Waals surface area contributed by atoms with E-state index in [-0.39, 0.29) is 5.41 Å². The second-order valence-corrected chi connectivity index (χ2v) is 11.7. The molecule has 3 aliphatic rings. The summed E-state index contributed by atoms with van der Waals surface area (Å²) in [6.07, 6.45) is 11.8. The molecule has 4 rings (SSSR count). The highest BCUT2D eigenvalue weighted by Crippen LogP contribution is 2.55. The van der Waals surface area contributed by atoms with Crippen LogP contribution in [0.25, 0.3) is 0 Å². The van der Waals surface area contributed by atoms with Crippen molar-refractivity contribution in [2.45, 2.75) is 118 Å². The van der Waals surface area contributed by atoms with Gasteiger partial charge in [0.1, 0.15) is 5.75 Å². The van der Waals surface area contributed by atoms with Crippen molar-refractivity contribution in [1.29, 1.82) is 0 Å². The van der Waals surface area contributed by atoms with E-state index >= 15 is 0 Å². The SMILES string of the molecule is CC.Cc1cc2c(c(O)c1C(C)C)/C(=N/SCC1CCCCC1)CC1C(C)CCCC21C. The highest BCUT2D eigenvalue weighted by atomic mass is 32.2. The maximum absolute atomic E-state index is 11.5. The summed E-state index contributed by atoms with van der Waals surface area (Å²) in [4.78, 5) is 0. The van der Waals surface area contributed by atoms with E-state index in [9.17, 15) is 5.11 Å². The van der Waals surface area contributed by atoms with Gasteiger partial charge in [-0.15, -0.1) is 0 Å². The zero-order valence-corrected chi connectivity index (χ0v) is 22.6. The van der Waals surface area contributed by atoms with Crippen molar-refractivity contribution in [2.75, 3.05) is 5.75 Å². The largest absolute Gasteiger partial charge is 0.507 e. The lowest BCUT2D eigenvalue weighted by molar-refractivity contribution is 0.139. The van der Waals surface area contributed by atoms with Crippen LogP contribution < -0.4 is 0 Å². The first-order valence-electron chi connectivity index (χ1n) is 13.4. The molecule has 2 saturated carbocycles. The van der Waals surface area contributed by atoms with Gasteiger partial charge in [0.05, 0.1) is 5.71 Å². The van der Waals surface area contributed by atoms with E-state index in [1.54, 1.807) is 11.9 Å².